The van der Waals surface area contributed by atoms with Gasteiger partial charge < -0.3 is 9.64 Å². The van der Waals surface area contributed by atoms with E-state index < -0.39 is 5.60 Å². The molecule has 1 aliphatic rings. The monoisotopic (exact) mass is 383 g/mol. The van der Waals surface area contributed by atoms with Gasteiger partial charge in [0.1, 0.15) is 5.60 Å². The highest BCUT2D eigenvalue weighted by Crippen LogP contribution is 2.24. The van der Waals surface area contributed by atoms with E-state index in [1.807, 2.05) is 38.1 Å². The molecular formula is C23H33N3O2. The summed E-state index contributed by atoms with van der Waals surface area (Å²) in [5.74, 6) is 0.526. The van der Waals surface area contributed by atoms with Crippen LogP contribution in [0.2, 0.25) is 0 Å². The predicted octanol–water partition coefficient (Wildman–Crippen LogP) is 4.70. The number of hydrogen-bond acceptors (Lipinski definition) is 4. The summed E-state index contributed by atoms with van der Waals surface area (Å²) in [4.78, 5) is 21.4. The first-order valence-electron chi connectivity index (χ1n) is 10.3. The molecule has 1 fully saturated rings. The lowest BCUT2D eigenvalue weighted by Crippen LogP contribution is -2.56. The quantitative estimate of drug-likeness (QED) is 0.767. The lowest BCUT2D eigenvalue weighted by Gasteiger charge is -2.42. The first-order valence-corrected chi connectivity index (χ1v) is 10.3. The van der Waals surface area contributed by atoms with E-state index in [-0.39, 0.29) is 12.1 Å². The van der Waals surface area contributed by atoms with Crippen LogP contribution in [0, 0.1) is 5.92 Å². The van der Waals surface area contributed by atoms with Gasteiger partial charge in [-0.15, -0.1) is 0 Å². The molecule has 1 aromatic carbocycles. The predicted molar refractivity (Wildman–Crippen MR) is 113 cm³/mol. The van der Waals surface area contributed by atoms with E-state index in [0.717, 1.165) is 26.1 Å². The van der Waals surface area contributed by atoms with E-state index in [1.165, 1.54) is 16.3 Å². The molecule has 2 aromatic rings. The summed E-state index contributed by atoms with van der Waals surface area (Å²) in [5, 5.41) is 2.43. The highest BCUT2D eigenvalue weighted by Gasteiger charge is 2.33. The van der Waals surface area contributed by atoms with Crippen molar-refractivity contribution in [2.75, 3.05) is 19.6 Å². The van der Waals surface area contributed by atoms with Gasteiger partial charge in [0.15, 0.2) is 0 Å². The number of carbonyl (C=O) groups is 1. The first-order chi connectivity index (χ1) is 13.2. The van der Waals surface area contributed by atoms with E-state index >= 15 is 0 Å². The van der Waals surface area contributed by atoms with Crippen LogP contribution in [-0.4, -0.2) is 52.2 Å². The number of rotatable bonds is 4. The van der Waals surface area contributed by atoms with Gasteiger partial charge in [-0.3, -0.25) is 9.88 Å². The average molecular weight is 384 g/mol. The zero-order valence-electron chi connectivity index (χ0n) is 17.8. The summed E-state index contributed by atoms with van der Waals surface area (Å²) < 4.78 is 5.66. The Morgan fingerprint density at radius 2 is 2.04 bits per heavy atom. The van der Waals surface area contributed by atoms with Crippen molar-refractivity contribution in [3.8, 4) is 0 Å². The molecule has 152 valence electrons. The molecule has 5 heteroatoms. The number of ether oxygens (including phenoxy) is 1. The Hall–Kier alpha value is -2.14. The molecule has 0 N–H and O–H groups in total. The van der Waals surface area contributed by atoms with Crippen LogP contribution in [0.4, 0.5) is 4.79 Å². The minimum atomic E-state index is -0.465. The maximum atomic E-state index is 12.7. The zero-order valence-corrected chi connectivity index (χ0v) is 17.8. The molecule has 0 spiro atoms. The molecule has 28 heavy (non-hydrogen) atoms. The lowest BCUT2D eigenvalue weighted by molar-refractivity contribution is -0.00559. The SMILES string of the molecule is CC(C)CC1CN(Cc2cccc3cnccc23)CCN1C(=O)OC(C)(C)C. The number of nitrogens with zero attached hydrogens (tertiary/aromatic N) is 3. The number of piperazine rings is 1. The minimum Gasteiger partial charge on any atom is -0.444 e. The molecular weight excluding hydrogens is 350 g/mol. The average Bonchev–Trinajstić information content (AvgIpc) is 2.60. The molecule has 3 rings (SSSR count). The highest BCUT2D eigenvalue weighted by atomic mass is 16.6. The maximum Gasteiger partial charge on any atom is 0.410 e. The van der Waals surface area contributed by atoms with Crippen LogP contribution in [0.1, 0.15) is 46.6 Å². The van der Waals surface area contributed by atoms with Crippen molar-refractivity contribution in [2.24, 2.45) is 5.92 Å². The summed E-state index contributed by atoms with van der Waals surface area (Å²) in [7, 11) is 0. The van der Waals surface area contributed by atoms with Gasteiger partial charge >= 0.3 is 6.09 Å². The van der Waals surface area contributed by atoms with Crippen molar-refractivity contribution >= 4 is 16.9 Å². The fraction of sp³-hybridized carbons (Fsp3) is 0.565. The largest absolute Gasteiger partial charge is 0.444 e. The summed E-state index contributed by atoms with van der Waals surface area (Å²) in [6.07, 6.45) is 4.57. The van der Waals surface area contributed by atoms with Crippen LogP contribution in [0.3, 0.4) is 0 Å². The van der Waals surface area contributed by atoms with Gasteiger partial charge in [0.2, 0.25) is 0 Å². The van der Waals surface area contributed by atoms with Crippen LogP contribution in [0.15, 0.2) is 36.7 Å². The van der Waals surface area contributed by atoms with Crippen molar-refractivity contribution in [1.82, 2.24) is 14.8 Å². The molecule has 1 unspecified atom stereocenters. The van der Waals surface area contributed by atoms with Crippen molar-refractivity contribution in [3.63, 3.8) is 0 Å². The van der Waals surface area contributed by atoms with Gasteiger partial charge in [-0.25, -0.2) is 4.79 Å². The van der Waals surface area contributed by atoms with Crippen molar-refractivity contribution in [2.45, 2.75) is 59.2 Å². The van der Waals surface area contributed by atoms with Crippen molar-refractivity contribution in [1.29, 1.82) is 0 Å². The molecule has 0 bridgehead atoms. The Kier molecular flexibility index (Phi) is 6.23. The van der Waals surface area contributed by atoms with E-state index in [0.29, 0.717) is 12.5 Å². The number of pyridine rings is 1. The minimum absolute atomic E-state index is 0.181. The molecule has 1 saturated heterocycles. The number of benzene rings is 1. The zero-order chi connectivity index (χ0) is 20.3. The van der Waals surface area contributed by atoms with Crippen LogP contribution >= 0.6 is 0 Å². The first kappa shape index (κ1) is 20.6. The summed E-state index contributed by atoms with van der Waals surface area (Å²) >= 11 is 0. The molecule has 2 heterocycles. The Morgan fingerprint density at radius 3 is 2.75 bits per heavy atom. The van der Waals surface area contributed by atoms with Crippen molar-refractivity contribution in [3.05, 3.63) is 42.2 Å². The summed E-state index contributed by atoms with van der Waals surface area (Å²) in [6.45, 7) is 13.5. The molecule has 0 aliphatic carbocycles. The standard InChI is InChI=1S/C23H33N3O2/c1-17(2)13-20-16-25(11-12-26(20)22(27)28-23(3,4)5)15-19-8-6-7-18-14-24-10-9-21(18)19/h6-10,14,17,20H,11-13,15-16H2,1-5H3. The second kappa shape index (κ2) is 8.48. The topological polar surface area (TPSA) is 45.7 Å². The molecule has 1 amide bonds. The van der Waals surface area contributed by atoms with E-state index in [1.54, 1.807) is 0 Å². The normalized spacial score (nSPS) is 18.6. The molecule has 1 aliphatic heterocycles. The van der Waals surface area contributed by atoms with Crippen LogP contribution in [0.5, 0.6) is 0 Å². The number of fused-ring (bicyclic) bond motifs is 1. The van der Waals surface area contributed by atoms with Gasteiger partial charge in [-0.2, -0.15) is 0 Å². The molecule has 1 aromatic heterocycles. The third-order valence-corrected chi connectivity index (χ3v) is 5.10. The lowest BCUT2D eigenvalue weighted by atomic mass is 9.99. The Balaban J connectivity index is 1.74. The van der Waals surface area contributed by atoms with E-state index in [2.05, 4.69) is 48.0 Å². The molecule has 1 atom stereocenters. The molecule has 5 nitrogen and oxygen atoms in total. The van der Waals surface area contributed by atoms with Crippen molar-refractivity contribution < 1.29 is 9.53 Å². The number of hydrogen-bond donors (Lipinski definition) is 0. The summed E-state index contributed by atoms with van der Waals surface area (Å²) in [6, 6.07) is 8.67. The Morgan fingerprint density at radius 1 is 1.25 bits per heavy atom. The second-order valence-corrected chi connectivity index (χ2v) is 9.21. The molecule has 0 saturated carbocycles. The Bertz CT molecular complexity index is 808. The van der Waals surface area contributed by atoms with Gasteiger partial charge in [0, 0.05) is 50.0 Å². The smallest absolute Gasteiger partial charge is 0.410 e. The van der Waals surface area contributed by atoms with Gasteiger partial charge in [-0.05, 0) is 50.1 Å². The van der Waals surface area contributed by atoms with E-state index in [9.17, 15) is 4.79 Å². The fourth-order valence-corrected chi connectivity index (χ4v) is 3.94. The maximum absolute atomic E-state index is 12.7. The van der Waals surface area contributed by atoms with Crippen LogP contribution in [0.25, 0.3) is 10.8 Å². The third-order valence-electron chi connectivity index (χ3n) is 5.10. The summed E-state index contributed by atoms with van der Waals surface area (Å²) in [5.41, 5.74) is 0.849. The molecule has 0 radical (unpaired) electrons. The van der Waals surface area contributed by atoms with Crippen LogP contribution in [-0.2, 0) is 11.3 Å². The second-order valence-electron chi connectivity index (χ2n) is 9.21. The van der Waals surface area contributed by atoms with Gasteiger partial charge in [-0.1, -0.05) is 32.0 Å². The number of carbonyl (C=O) groups excluding carboxylic acids is 1. The number of amides is 1. The van der Waals surface area contributed by atoms with E-state index in [4.69, 9.17) is 4.74 Å². The van der Waals surface area contributed by atoms with Gasteiger partial charge in [0.05, 0.1) is 0 Å². The third kappa shape index (κ3) is 5.22. The van der Waals surface area contributed by atoms with Crippen LogP contribution < -0.4 is 0 Å². The highest BCUT2D eigenvalue weighted by molar-refractivity contribution is 5.84. The Labute approximate surface area is 168 Å². The fourth-order valence-electron chi connectivity index (χ4n) is 3.94. The number of aromatic nitrogens is 1. The van der Waals surface area contributed by atoms with Gasteiger partial charge in [0.25, 0.3) is 0 Å².